The summed E-state index contributed by atoms with van der Waals surface area (Å²) in [5, 5.41) is 11.8. The lowest BCUT2D eigenvalue weighted by Gasteiger charge is -2.22. The minimum Gasteiger partial charge on any atom is -0.395 e. The molecule has 0 aliphatic heterocycles. The van der Waals surface area contributed by atoms with E-state index >= 15 is 0 Å². The van der Waals surface area contributed by atoms with Crippen molar-refractivity contribution in [2.24, 2.45) is 0 Å². The highest BCUT2D eigenvalue weighted by atomic mass is 16.3. The number of rotatable bonds is 7. The highest BCUT2D eigenvalue weighted by molar-refractivity contribution is 5.74. The van der Waals surface area contributed by atoms with Crippen LogP contribution in [-0.2, 0) is 0 Å². The van der Waals surface area contributed by atoms with Crippen LogP contribution in [0.1, 0.15) is 24.0 Å². The summed E-state index contributed by atoms with van der Waals surface area (Å²) in [6.45, 7) is 9.03. The molecule has 0 radical (unpaired) electrons. The lowest BCUT2D eigenvalue weighted by Crippen LogP contribution is -2.42. The van der Waals surface area contributed by atoms with E-state index in [1.807, 2.05) is 6.07 Å². The third-order valence-corrected chi connectivity index (χ3v) is 3.18. The predicted molar refractivity (Wildman–Crippen MR) is 81.8 cm³/mol. The van der Waals surface area contributed by atoms with Gasteiger partial charge in [-0.1, -0.05) is 42.8 Å². The van der Waals surface area contributed by atoms with Gasteiger partial charge in [0.15, 0.2) is 0 Å². The molecule has 1 aromatic carbocycles. The minimum atomic E-state index is -0.168. The van der Waals surface area contributed by atoms with Gasteiger partial charge in [-0.25, -0.2) is 4.79 Å². The first-order valence-corrected chi connectivity index (χ1v) is 6.89. The predicted octanol–water partition coefficient (Wildman–Crippen LogP) is 2.29. The number of nitrogens with one attached hydrogen (secondary N) is 1. The van der Waals surface area contributed by atoms with Crippen LogP contribution in [0.3, 0.4) is 0 Å². The number of urea groups is 1. The third kappa shape index (κ3) is 5.05. The van der Waals surface area contributed by atoms with Gasteiger partial charge >= 0.3 is 6.03 Å². The Bertz CT molecular complexity index is 446. The van der Waals surface area contributed by atoms with Crippen LogP contribution in [0.5, 0.6) is 0 Å². The highest BCUT2D eigenvalue weighted by Crippen LogP contribution is 2.15. The molecule has 0 fully saturated rings. The van der Waals surface area contributed by atoms with Crippen molar-refractivity contribution in [3.8, 4) is 0 Å². The summed E-state index contributed by atoms with van der Waals surface area (Å²) in [5.41, 5.74) is 2.43. The molecular formula is C16H24N2O2. The molecule has 0 bridgehead atoms. The number of aliphatic hydroxyl groups excluding tert-OH is 1. The second-order valence-electron chi connectivity index (χ2n) is 4.96. The van der Waals surface area contributed by atoms with Crippen LogP contribution in [-0.4, -0.2) is 42.3 Å². The number of carbonyl (C=O) groups excluding carboxylic acids is 1. The Labute approximate surface area is 121 Å². The molecule has 4 nitrogen and oxygen atoms in total. The topological polar surface area (TPSA) is 52.6 Å². The van der Waals surface area contributed by atoms with E-state index in [-0.39, 0.29) is 18.6 Å². The van der Waals surface area contributed by atoms with Gasteiger partial charge in [0, 0.05) is 19.6 Å². The number of amides is 2. The summed E-state index contributed by atoms with van der Waals surface area (Å²) < 4.78 is 0. The second kappa shape index (κ2) is 8.38. The lowest BCUT2D eigenvalue weighted by atomic mass is 9.99. The monoisotopic (exact) mass is 276 g/mol. The second-order valence-corrected chi connectivity index (χ2v) is 4.96. The van der Waals surface area contributed by atoms with Crippen LogP contribution in [0.4, 0.5) is 4.79 Å². The van der Waals surface area contributed by atoms with Crippen molar-refractivity contribution < 1.29 is 9.90 Å². The molecule has 0 heterocycles. The number of hydrogen-bond acceptors (Lipinski definition) is 2. The van der Waals surface area contributed by atoms with Crippen molar-refractivity contribution in [3.05, 3.63) is 48.0 Å². The van der Waals surface area contributed by atoms with Crippen molar-refractivity contribution in [1.82, 2.24) is 10.2 Å². The maximum atomic E-state index is 12.0. The fourth-order valence-corrected chi connectivity index (χ4v) is 2.00. The average Bonchev–Trinajstić information content (AvgIpc) is 2.44. The van der Waals surface area contributed by atoms with Crippen LogP contribution in [0.2, 0.25) is 0 Å². The van der Waals surface area contributed by atoms with E-state index in [0.29, 0.717) is 19.6 Å². The molecule has 2 amide bonds. The Morgan fingerprint density at radius 2 is 2.30 bits per heavy atom. The fourth-order valence-electron chi connectivity index (χ4n) is 2.00. The van der Waals surface area contributed by atoms with Crippen molar-refractivity contribution >= 4 is 6.03 Å². The van der Waals surface area contributed by atoms with Crippen LogP contribution in [0.25, 0.3) is 0 Å². The minimum absolute atomic E-state index is 0.0469. The van der Waals surface area contributed by atoms with Gasteiger partial charge < -0.3 is 15.3 Å². The maximum Gasteiger partial charge on any atom is 0.317 e. The molecule has 2 N–H and O–H groups in total. The SMILES string of the molecule is C=CCN(CCO)C(=O)NCC(C)c1cccc(C)c1. The molecule has 1 rings (SSSR count). The van der Waals surface area contributed by atoms with E-state index in [0.717, 1.165) is 0 Å². The highest BCUT2D eigenvalue weighted by Gasteiger charge is 2.13. The fraction of sp³-hybridized carbons (Fsp3) is 0.438. The van der Waals surface area contributed by atoms with Crippen LogP contribution >= 0.6 is 0 Å². The number of benzene rings is 1. The van der Waals surface area contributed by atoms with E-state index in [1.165, 1.54) is 16.0 Å². The molecule has 1 atom stereocenters. The van der Waals surface area contributed by atoms with Gasteiger partial charge in [0.25, 0.3) is 0 Å². The van der Waals surface area contributed by atoms with Gasteiger partial charge in [0.2, 0.25) is 0 Å². The zero-order valence-electron chi connectivity index (χ0n) is 12.3. The molecule has 1 unspecified atom stereocenters. The van der Waals surface area contributed by atoms with Gasteiger partial charge in [-0.3, -0.25) is 0 Å². The molecule has 4 heteroatoms. The number of aliphatic hydroxyl groups is 1. The summed E-state index contributed by atoms with van der Waals surface area (Å²) in [6.07, 6.45) is 1.65. The smallest absolute Gasteiger partial charge is 0.317 e. The largest absolute Gasteiger partial charge is 0.395 e. The Balaban J connectivity index is 2.52. The molecule has 20 heavy (non-hydrogen) atoms. The quantitative estimate of drug-likeness (QED) is 0.751. The zero-order valence-corrected chi connectivity index (χ0v) is 12.3. The van der Waals surface area contributed by atoms with Crippen LogP contribution in [0.15, 0.2) is 36.9 Å². The van der Waals surface area contributed by atoms with E-state index in [2.05, 4.69) is 43.9 Å². The number of hydrogen-bond donors (Lipinski definition) is 2. The van der Waals surface area contributed by atoms with E-state index in [1.54, 1.807) is 6.08 Å². The van der Waals surface area contributed by atoms with E-state index < -0.39 is 0 Å². The zero-order chi connectivity index (χ0) is 15.0. The standard InChI is InChI=1S/C16H24N2O2/c1-4-8-18(9-10-19)16(20)17-12-14(3)15-7-5-6-13(2)11-15/h4-7,11,14,19H,1,8-10,12H2,2-3H3,(H,17,20). The first-order chi connectivity index (χ1) is 9.58. The van der Waals surface area contributed by atoms with E-state index in [9.17, 15) is 4.79 Å². The molecule has 0 aromatic heterocycles. The molecule has 1 aromatic rings. The molecule has 0 aliphatic rings. The van der Waals surface area contributed by atoms with Gasteiger partial charge in [-0.05, 0) is 18.4 Å². The number of nitrogens with zero attached hydrogens (tertiary/aromatic N) is 1. The summed E-state index contributed by atoms with van der Waals surface area (Å²) in [7, 11) is 0. The van der Waals surface area contributed by atoms with E-state index in [4.69, 9.17) is 5.11 Å². The third-order valence-electron chi connectivity index (χ3n) is 3.18. The summed E-state index contributed by atoms with van der Waals surface area (Å²) in [6, 6.07) is 8.12. The molecular weight excluding hydrogens is 252 g/mol. The van der Waals surface area contributed by atoms with Crippen molar-refractivity contribution in [2.75, 3.05) is 26.2 Å². The molecule has 110 valence electrons. The molecule has 0 saturated heterocycles. The Morgan fingerprint density at radius 3 is 2.90 bits per heavy atom. The Hall–Kier alpha value is -1.81. The number of aryl methyl sites for hydroxylation is 1. The van der Waals surface area contributed by atoms with Gasteiger partial charge in [-0.2, -0.15) is 0 Å². The van der Waals surface area contributed by atoms with Crippen LogP contribution < -0.4 is 5.32 Å². The number of carbonyl (C=O) groups is 1. The average molecular weight is 276 g/mol. The normalized spacial score (nSPS) is 11.8. The molecule has 0 saturated carbocycles. The Kier molecular flexibility index (Phi) is 6.81. The van der Waals surface area contributed by atoms with Crippen molar-refractivity contribution in [1.29, 1.82) is 0 Å². The van der Waals surface area contributed by atoms with Crippen molar-refractivity contribution in [2.45, 2.75) is 19.8 Å². The van der Waals surface area contributed by atoms with Crippen LogP contribution in [0, 0.1) is 6.92 Å². The van der Waals surface area contributed by atoms with Crippen molar-refractivity contribution in [3.63, 3.8) is 0 Å². The van der Waals surface area contributed by atoms with Gasteiger partial charge in [0.1, 0.15) is 0 Å². The molecule has 0 spiro atoms. The lowest BCUT2D eigenvalue weighted by molar-refractivity contribution is 0.183. The first kappa shape index (κ1) is 16.2. The molecule has 0 aliphatic carbocycles. The first-order valence-electron chi connectivity index (χ1n) is 6.89. The Morgan fingerprint density at radius 1 is 1.55 bits per heavy atom. The van der Waals surface area contributed by atoms with Gasteiger partial charge in [-0.15, -0.1) is 6.58 Å². The van der Waals surface area contributed by atoms with Gasteiger partial charge in [0.05, 0.1) is 6.61 Å². The maximum absolute atomic E-state index is 12.0. The summed E-state index contributed by atoms with van der Waals surface area (Å²) in [5.74, 6) is 0.249. The summed E-state index contributed by atoms with van der Waals surface area (Å²) >= 11 is 0. The summed E-state index contributed by atoms with van der Waals surface area (Å²) in [4.78, 5) is 13.5.